The van der Waals surface area contributed by atoms with Crippen molar-refractivity contribution in [3.8, 4) is 33.6 Å². The number of likely N-dealkylation sites (tertiary alicyclic amines) is 2. The highest BCUT2D eigenvalue weighted by molar-refractivity contribution is 5.91. The molecule has 14 nitrogen and oxygen atoms in total. The molecule has 1 spiro atoms. The van der Waals surface area contributed by atoms with Gasteiger partial charge in [-0.1, -0.05) is 82.6 Å². The summed E-state index contributed by atoms with van der Waals surface area (Å²) in [7, 11) is 2.60. The molecule has 2 aromatic heterocycles. The van der Waals surface area contributed by atoms with E-state index in [1.54, 1.807) is 0 Å². The molecule has 2 aliphatic heterocycles. The second kappa shape index (κ2) is 17.1. The Labute approximate surface area is 356 Å². The summed E-state index contributed by atoms with van der Waals surface area (Å²) in [5, 5.41) is 7.64. The molecule has 4 N–H and O–H groups in total. The van der Waals surface area contributed by atoms with Gasteiger partial charge in [0.25, 0.3) is 0 Å². The number of ether oxygens (including phenoxy) is 2. The van der Waals surface area contributed by atoms with Crippen molar-refractivity contribution in [2.24, 2.45) is 17.3 Å². The van der Waals surface area contributed by atoms with Crippen molar-refractivity contribution in [2.45, 2.75) is 90.4 Å². The summed E-state index contributed by atoms with van der Waals surface area (Å²) in [5.74, 6) is 1.40. The first-order valence-corrected chi connectivity index (χ1v) is 21.5. The Hall–Kier alpha value is -6.18. The van der Waals surface area contributed by atoms with Crippen LogP contribution in [0.1, 0.15) is 90.0 Å². The number of aromatic nitrogens is 4. The molecule has 14 heteroatoms. The van der Waals surface area contributed by atoms with Gasteiger partial charge < -0.3 is 39.9 Å². The Bertz CT molecular complexity index is 2420. The summed E-state index contributed by atoms with van der Waals surface area (Å²) in [6, 6.07) is 19.5. The number of rotatable bonds is 12. The third-order valence-corrected chi connectivity index (χ3v) is 13.1. The van der Waals surface area contributed by atoms with Gasteiger partial charge in [0.1, 0.15) is 23.7 Å². The molecule has 2 saturated heterocycles. The van der Waals surface area contributed by atoms with Gasteiger partial charge in [-0.3, -0.25) is 9.59 Å². The number of benzene rings is 3. The van der Waals surface area contributed by atoms with Crippen LogP contribution >= 0.6 is 0 Å². The molecule has 61 heavy (non-hydrogen) atoms. The molecule has 0 unspecified atom stereocenters. The summed E-state index contributed by atoms with van der Waals surface area (Å²) >= 11 is 0. The number of hydrogen-bond donors (Lipinski definition) is 4. The highest BCUT2D eigenvalue weighted by Crippen LogP contribution is 2.58. The number of nitrogens with one attached hydrogen (secondary N) is 4. The van der Waals surface area contributed by atoms with E-state index in [2.05, 4.69) is 88.2 Å². The van der Waals surface area contributed by atoms with Crippen LogP contribution in [0.4, 0.5) is 9.59 Å². The molecule has 5 aromatic rings. The zero-order chi connectivity index (χ0) is 43.0. The van der Waals surface area contributed by atoms with Gasteiger partial charge in [-0.15, -0.1) is 0 Å². The Morgan fingerprint density at radius 1 is 0.770 bits per heavy atom. The van der Waals surface area contributed by atoms with Crippen LogP contribution in [-0.2, 0) is 19.1 Å². The lowest BCUT2D eigenvalue weighted by atomic mass is 9.96. The average molecular weight is 829 g/mol. The third-order valence-electron chi connectivity index (χ3n) is 13.1. The molecule has 1 aliphatic carbocycles. The van der Waals surface area contributed by atoms with Gasteiger partial charge >= 0.3 is 12.2 Å². The molecule has 0 bridgehead atoms. The number of nitrogens with zero attached hydrogens (tertiary/aromatic N) is 4. The molecule has 8 rings (SSSR count). The van der Waals surface area contributed by atoms with E-state index < -0.39 is 24.3 Å². The van der Waals surface area contributed by atoms with Crippen molar-refractivity contribution in [1.82, 2.24) is 40.4 Å². The Morgan fingerprint density at radius 3 is 2.00 bits per heavy atom. The number of methoxy groups -OCH3 is 2. The fraction of sp³-hybridized carbons (Fsp3) is 0.447. The fourth-order valence-corrected chi connectivity index (χ4v) is 9.31. The quantitative estimate of drug-likeness (QED) is 0.0975. The molecule has 1 saturated carbocycles. The summed E-state index contributed by atoms with van der Waals surface area (Å²) in [6.07, 6.45) is 7.71. The topological polar surface area (TPSA) is 175 Å². The lowest BCUT2D eigenvalue weighted by Gasteiger charge is -2.31. The van der Waals surface area contributed by atoms with Crippen LogP contribution in [0.25, 0.3) is 44.4 Å². The van der Waals surface area contributed by atoms with Gasteiger partial charge in [0.05, 0.1) is 50.1 Å². The number of alkyl carbamates (subject to hydrolysis) is 2. The van der Waals surface area contributed by atoms with Crippen LogP contribution < -0.4 is 10.6 Å². The molecule has 0 radical (unpaired) electrons. The van der Waals surface area contributed by atoms with Gasteiger partial charge in [0.2, 0.25) is 11.8 Å². The largest absolute Gasteiger partial charge is 0.453 e. The molecular formula is C47H56N8O6. The standard InChI is InChI=1S/C47H56N8O6/c1-7-28-17-20-54(44(57)39(27(3)4)53-46(59)61-6)40(28)42-49-24-36(51-42)30-11-9-29(10-12-30)31-13-14-33-22-34(16-15-32(33)21-31)37-25-48-41(50-37)38-23-47(18-19-47)26-55(38)43(56)35(8-2)52-45(58)60-5/h9-16,21-22,24-25,27-28,35,38-40H,7-8,17-20,23,26H2,1-6H3,(H,48,50)(H,49,51)(H,52,58)(H,53,59)/t28-,35+,38+,39+,40+/m1/s1. The monoisotopic (exact) mass is 828 g/mol. The van der Waals surface area contributed by atoms with Crippen LogP contribution in [-0.4, -0.2) is 93.1 Å². The third kappa shape index (κ3) is 8.32. The number of fused-ring (bicyclic) bond motifs is 1. The van der Waals surface area contributed by atoms with Crippen molar-refractivity contribution in [2.75, 3.05) is 27.3 Å². The van der Waals surface area contributed by atoms with Crippen LogP contribution in [0, 0.1) is 17.3 Å². The maximum absolute atomic E-state index is 13.8. The Balaban J connectivity index is 0.963. The normalized spacial score (nSPS) is 20.2. The minimum absolute atomic E-state index is 0.106. The molecular weight excluding hydrogens is 773 g/mol. The van der Waals surface area contributed by atoms with Gasteiger partial charge in [0.15, 0.2) is 0 Å². The predicted molar refractivity (Wildman–Crippen MR) is 232 cm³/mol. The van der Waals surface area contributed by atoms with Gasteiger partial charge in [0, 0.05) is 18.7 Å². The summed E-state index contributed by atoms with van der Waals surface area (Å²) in [4.78, 5) is 72.0. The van der Waals surface area contributed by atoms with E-state index in [9.17, 15) is 19.2 Å². The zero-order valence-corrected chi connectivity index (χ0v) is 35.8. The number of carbonyl (C=O) groups is 4. The van der Waals surface area contributed by atoms with E-state index in [0.717, 1.165) is 88.2 Å². The number of aromatic amines is 2. The summed E-state index contributed by atoms with van der Waals surface area (Å²) in [6.45, 7) is 9.11. The number of amides is 4. The minimum Gasteiger partial charge on any atom is -0.453 e. The molecule has 320 valence electrons. The van der Waals surface area contributed by atoms with Gasteiger partial charge in [-0.05, 0) is 89.0 Å². The average Bonchev–Trinajstić information content (AvgIpc) is 3.77. The van der Waals surface area contributed by atoms with E-state index in [1.165, 1.54) is 14.2 Å². The number of carbonyl (C=O) groups excluding carboxylic acids is 4. The maximum Gasteiger partial charge on any atom is 0.407 e. The number of H-pyrrole nitrogens is 2. The molecule has 3 fully saturated rings. The lowest BCUT2D eigenvalue weighted by molar-refractivity contribution is -0.136. The van der Waals surface area contributed by atoms with Crippen molar-refractivity contribution in [3.05, 3.63) is 84.7 Å². The lowest BCUT2D eigenvalue weighted by Crippen LogP contribution is -2.51. The maximum atomic E-state index is 13.8. The summed E-state index contributed by atoms with van der Waals surface area (Å²) in [5.41, 5.74) is 6.06. The molecule has 3 aromatic carbocycles. The first kappa shape index (κ1) is 41.5. The van der Waals surface area contributed by atoms with Crippen molar-refractivity contribution in [3.63, 3.8) is 0 Å². The molecule has 5 atom stereocenters. The molecule has 4 amide bonds. The minimum atomic E-state index is -0.698. The van der Waals surface area contributed by atoms with Crippen molar-refractivity contribution >= 4 is 34.8 Å². The van der Waals surface area contributed by atoms with E-state index in [1.807, 2.05) is 43.0 Å². The first-order chi connectivity index (χ1) is 29.4. The van der Waals surface area contributed by atoms with E-state index in [-0.39, 0.29) is 41.1 Å². The van der Waals surface area contributed by atoms with Crippen LogP contribution in [0.15, 0.2) is 73.1 Å². The SMILES string of the molecule is CC[C@@H]1CCN(C(=O)[C@@H](NC(=O)OC)C(C)C)[C@@H]1c1ncc(-c2ccc(-c3ccc4cc(-c5cnc([C@@H]6CC7(CC7)CN6C(=O)[C@H](CC)NC(=O)OC)[nH]5)ccc4c3)cc2)[nH]1. The number of imidazole rings is 2. The van der Waals surface area contributed by atoms with E-state index in [0.29, 0.717) is 19.5 Å². The smallest absolute Gasteiger partial charge is 0.407 e. The second-order valence-electron chi connectivity index (χ2n) is 17.3. The van der Waals surface area contributed by atoms with Gasteiger partial charge in [-0.25, -0.2) is 19.6 Å². The highest BCUT2D eigenvalue weighted by Gasteiger charge is 2.55. The van der Waals surface area contributed by atoms with E-state index >= 15 is 0 Å². The first-order valence-electron chi connectivity index (χ1n) is 21.5. The van der Waals surface area contributed by atoms with Crippen LogP contribution in [0.3, 0.4) is 0 Å². The Morgan fingerprint density at radius 2 is 1.36 bits per heavy atom. The van der Waals surface area contributed by atoms with Crippen molar-refractivity contribution < 1.29 is 28.7 Å². The van der Waals surface area contributed by atoms with Crippen LogP contribution in [0.5, 0.6) is 0 Å². The zero-order valence-electron chi connectivity index (χ0n) is 35.8. The Kier molecular flexibility index (Phi) is 11.6. The second-order valence-corrected chi connectivity index (χ2v) is 17.3. The number of hydrogen-bond acceptors (Lipinski definition) is 8. The highest BCUT2D eigenvalue weighted by atomic mass is 16.5. The fourth-order valence-electron chi connectivity index (χ4n) is 9.31. The van der Waals surface area contributed by atoms with E-state index in [4.69, 9.17) is 19.4 Å². The van der Waals surface area contributed by atoms with Crippen molar-refractivity contribution in [1.29, 1.82) is 0 Å². The molecule has 4 heterocycles. The summed E-state index contributed by atoms with van der Waals surface area (Å²) < 4.78 is 9.58. The predicted octanol–water partition coefficient (Wildman–Crippen LogP) is 8.16. The van der Waals surface area contributed by atoms with Gasteiger partial charge in [-0.2, -0.15) is 0 Å². The molecule has 3 aliphatic rings. The van der Waals surface area contributed by atoms with Crippen LogP contribution in [0.2, 0.25) is 0 Å².